The zero-order chi connectivity index (χ0) is 12.5. The van der Waals surface area contributed by atoms with Crippen molar-refractivity contribution in [2.75, 3.05) is 20.1 Å². The van der Waals surface area contributed by atoms with Crippen LogP contribution in [0.3, 0.4) is 0 Å². The third kappa shape index (κ3) is 5.51. The van der Waals surface area contributed by atoms with E-state index in [9.17, 15) is 0 Å². The van der Waals surface area contributed by atoms with Crippen molar-refractivity contribution in [1.29, 1.82) is 5.26 Å². The first-order valence-electron chi connectivity index (χ1n) is 6.39. The minimum atomic E-state index is 0.617. The van der Waals surface area contributed by atoms with Crippen molar-refractivity contribution in [3.05, 3.63) is 35.4 Å². The van der Waals surface area contributed by atoms with Crippen molar-refractivity contribution < 1.29 is 0 Å². The average Bonchev–Trinajstić information content (AvgIpc) is 2.36. The number of rotatable bonds is 7. The summed E-state index contributed by atoms with van der Waals surface area (Å²) in [6.45, 7) is 4.09. The molecule has 0 aliphatic rings. The molecule has 0 heterocycles. The lowest BCUT2D eigenvalue weighted by Gasteiger charge is -2.14. The molecule has 0 fully saturated rings. The summed E-state index contributed by atoms with van der Waals surface area (Å²) in [5.74, 6) is 0. The predicted octanol–water partition coefficient (Wildman–Crippen LogP) is 3.03. The van der Waals surface area contributed by atoms with Gasteiger partial charge < -0.3 is 4.90 Å². The monoisotopic (exact) mass is 230 g/mol. The summed E-state index contributed by atoms with van der Waals surface area (Å²) in [5.41, 5.74) is 2.81. The van der Waals surface area contributed by atoms with E-state index < -0.39 is 0 Å². The van der Waals surface area contributed by atoms with Crippen molar-refractivity contribution in [2.24, 2.45) is 0 Å². The standard InChI is InChI=1S/C15H22N2/c1-3-5-14-6-8-15(9-7-14)10-13-17(2)12-4-11-16/h6-9H,3-5,10,12-13H2,1-2H3. The van der Waals surface area contributed by atoms with Crippen LogP contribution in [0.15, 0.2) is 24.3 Å². The zero-order valence-corrected chi connectivity index (χ0v) is 10.9. The quantitative estimate of drug-likeness (QED) is 0.720. The van der Waals surface area contributed by atoms with Crippen LogP contribution in [0.1, 0.15) is 30.9 Å². The summed E-state index contributed by atoms with van der Waals surface area (Å²) >= 11 is 0. The summed E-state index contributed by atoms with van der Waals surface area (Å²) in [5, 5.41) is 8.50. The SMILES string of the molecule is CCCc1ccc(CCN(C)CCC#N)cc1. The highest BCUT2D eigenvalue weighted by molar-refractivity contribution is 5.22. The fraction of sp³-hybridized carbons (Fsp3) is 0.533. The number of nitrogens with zero attached hydrogens (tertiary/aromatic N) is 2. The van der Waals surface area contributed by atoms with Gasteiger partial charge in [0, 0.05) is 19.5 Å². The third-order valence-corrected chi connectivity index (χ3v) is 2.95. The highest BCUT2D eigenvalue weighted by Gasteiger charge is 1.99. The third-order valence-electron chi connectivity index (χ3n) is 2.95. The van der Waals surface area contributed by atoms with Crippen LogP contribution in [0, 0.1) is 11.3 Å². The Labute approximate surface area is 105 Å². The Balaban J connectivity index is 2.34. The Morgan fingerprint density at radius 1 is 1.06 bits per heavy atom. The van der Waals surface area contributed by atoms with Gasteiger partial charge in [-0.1, -0.05) is 37.6 Å². The maximum Gasteiger partial charge on any atom is 0.0635 e. The molecule has 17 heavy (non-hydrogen) atoms. The molecule has 2 nitrogen and oxygen atoms in total. The first-order valence-corrected chi connectivity index (χ1v) is 6.39. The molecule has 0 spiro atoms. The molecule has 0 amide bonds. The van der Waals surface area contributed by atoms with Crippen molar-refractivity contribution in [3.63, 3.8) is 0 Å². The molecular weight excluding hydrogens is 208 g/mol. The second-order valence-electron chi connectivity index (χ2n) is 4.53. The maximum absolute atomic E-state index is 8.50. The lowest BCUT2D eigenvalue weighted by molar-refractivity contribution is 0.346. The number of hydrogen-bond donors (Lipinski definition) is 0. The number of likely N-dealkylation sites (N-methyl/N-ethyl adjacent to an activating group) is 1. The average molecular weight is 230 g/mol. The van der Waals surface area contributed by atoms with Crippen LogP contribution in [0.2, 0.25) is 0 Å². The molecule has 0 saturated carbocycles. The van der Waals surface area contributed by atoms with Gasteiger partial charge in [-0.05, 0) is 31.0 Å². The van der Waals surface area contributed by atoms with Crippen LogP contribution < -0.4 is 0 Å². The van der Waals surface area contributed by atoms with E-state index in [2.05, 4.69) is 49.2 Å². The minimum absolute atomic E-state index is 0.617. The molecule has 0 radical (unpaired) electrons. The lowest BCUT2D eigenvalue weighted by atomic mass is 10.1. The van der Waals surface area contributed by atoms with Crippen molar-refractivity contribution >= 4 is 0 Å². The fourth-order valence-corrected chi connectivity index (χ4v) is 1.83. The molecule has 0 aliphatic carbocycles. The molecule has 1 aromatic carbocycles. The Kier molecular flexibility index (Phi) is 6.35. The van der Waals surface area contributed by atoms with Crippen LogP contribution in [-0.2, 0) is 12.8 Å². The first kappa shape index (κ1) is 13.7. The zero-order valence-electron chi connectivity index (χ0n) is 10.9. The van der Waals surface area contributed by atoms with Gasteiger partial charge in [0.1, 0.15) is 0 Å². The van der Waals surface area contributed by atoms with Crippen LogP contribution in [0.4, 0.5) is 0 Å². The highest BCUT2D eigenvalue weighted by Crippen LogP contribution is 2.07. The number of aryl methyl sites for hydroxylation is 1. The molecule has 0 aliphatic heterocycles. The molecule has 1 aromatic rings. The van der Waals surface area contributed by atoms with E-state index in [0.717, 1.165) is 19.5 Å². The number of hydrogen-bond acceptors (Lipinski definition) is 2. The Morgan fingerprint density at radius 2 is 1.65 bits per heavy atom. The van der Waals surface area contributed by atoms with Crippen LogP contribution >= 0.6 is 0 Å². The van der Waals surface area contributed by atoms with Gasteiger partial charge in [0.25, 0.3) is 0 Å². The van der Waals surface area contributed by atoms with Gasteiger partial charge in [-0.25, -0.2) is 0 Å². The van der Waals surface area contributed by atoms with Crippen molar-refractivity contribution in [1.82, 2.24) is 4.90 Å². The molecule has 0 atom stereocenters. The van der Waals surface area contributed by atoms with E-state index in [1.807, 2.05) is 0 Å². The van der Waals surface area contributed by atoms with Gasteiger partial charge in [0.15, 0.2) is 0 Å². The summed E-state index contributed by atoms with van der Waals surface area (Å²) < 4.78 is 0. The lowest BCUT2D eigenvalue weighted by Crippen LogP contribution is -2.22. The molecule has 1 rings (SSSR count). The molecule has 0 N–H and O–H groups in total. The Bertz CT molecular complexity index is 348. The summed E-state index contributed by atoms with van der Waals surface area (Å²) in [7, 11) is 2.07. The molecule has 92 valence electrons. The van der Waals surface area contributed by atoms with Gasteiger partial charge in [0.05, 0.1) is 6.07 Å². The second kappa shape index (κ2) is 7.86. The Hall–Kier alpha value is -1.33. The van der Waals surface area contributed by atoms with Gasteiger partial charge >= 0.3 is 0 Å². The molecule has 0 unspecified atom stereocenters. The van der Waals surface area contributed by atoms with Gasteiger partial charge in [-0.2, -0.15) is 5.26 Å². The number of benzene rings is 1. The molecular formula is C15H22N2. The highest BCUT2D eigenvalue weighted by atomic mass is 15.1. The first-order chi connectivity index (χ1) is 8.26. The smallest absolute Gasteiger partial charge is 0.0635 e. The van der Waals surface area contributed by atoms with Crippen molar-refractivity contribution in [3.8, 4) is 6.07 Å². The van der Waals surface area contributed by atoms with E-state index in [1.165, 1.54) is 24.0 Å². The van der Waals surface area contributed by atoms with E-state index in [0.29, 0.717) is 6.42 Å². The van der Waals surface area contributed by atoms with E-state index in [-0.39, 0.29) is 0 Å². The molecule has 2 heteroatoms. The largest absolute Gasteiger partial charge is 0.305 e. The topological polar surface area (TPSA) is 27.0 Å². The van der Waals surface area contributed by atoms with Crippen LogP contribution in [-0.4, -0.2) is 25.0 Å². The normalized spacial score (nSPS) is 10.5. The summed E-state index contributed by atoms with van der Waals surface area (Å²) in [6.07, 6.45) is 4.05. The van der Waals surface area contributed by atoms with E-state index in [4.69, 9.17) is 5.26 Å². The second-order valence-corrected chi connectivity index (χ2v) is 4.53. The fourth-order valence-electron chi connectivity index (χ4n) is 1.83. The van der Waals surface area contributed by atoms with Gasteiger partial charge in [-0.15, -0.1) is 0 Å². The van der Waals surface area contributed by atoms with Crippen LogP contribution in [0.25, 0.3) is 0 Å². The summed E-state index contributed by atoms with van der Waals surface area (Å²) in [4.78, 5) is 2.21. The van der Waals surface area contributed by atoms with Gasteiger partial charge in [0.2, 0.25) is 0 Å². The Morgan fingerprint density at radius 3 is 2.18 bits per heavy atom. The van der Waals surface area contributed by atoms with E-state index >= 15 is 0 Å². The number of nitriles is 1. The van der Waals surface area contributed by atoms with E-state index in [1.54, 1.807) is 0 Å². The maximum atomic E-state index is 8.50. The predicted molar refractivity (Wildman–Crippen MR) is 71.9 cm³/mol. The summed E-state index contributed by atoms with van der Waals surface area (Å²) in [6, 6.07) is 11.1. The molecule has 0 aromatic heterocycles. The van der Waals surface area contributed by atoms with Crippen molar-refractivity contribution in [2.45, 2.75) is 32.6 Å². The molecule has 0 saturated heterocycles. The molecule has 0 bridgehead atoms. The minimum Gasteiger partial charge on any atom is -0.305 e. The van der Waals surface area contributed by atoms with Gasteiger partial charge in [-0.3, -0.25) is 0 Å². The van der Waals surface area contributed by atoms with Crippen LogP contribution in [0.5, 0.6) is 0 Å².